The van der Waals surface area contributed by atoms with E-state index in [4.69, 9.17) is 21.7 Å². The number of benzene rings is 2. The van der Waals surface area contributed by atoms with Gasteiger partial charge in [-0.05, 0) is 43.3 Å². The molecule has 0 saturated heterocycles. The summed E-state index contributed by atoms with van der Waals surface area (Å²) in [5, 5.41) is 7.91. The van der Waals surface area contributed by atoms with Crippen molar-refractivity contribution in [3.8, 4) is 11.5 Å². The van der Waals surface area contributed by atoms with Gasteiger partial charge < -0.3 is 14.8 Å². The number of hydrogen-bond acceptors (Lipinski definition) is 4. The SMILES string of the molecule is CC/C(=N/NC(=S)Nc1ccc(OC)c(OC)c1)c1ccc(C)cc1. The van der Waals surface area contributed by atoms with Crippen LogP contribution in [0.4, 0.5) is 5.69 Å². The third-order valence-corrected chi connectivity index (χ3v) is 3.85. The minimum Gasteiger partial charge on any atom is -0.493 e. The van der Waals surface area contributed by atoms with E-state index < -0.39 is 0 Å². The van der Waals surface area contributed by atoms with Crippen LogP contribution in [0, 0.1) is 6.92 Å². The van der Waals surface area contributed by atoms with Crippen molar-refractivity contribution < 1.29 is 9.47 Å². The van der Waals surface area contributed by atoms with Crippen LogP contribution in [0.5, 0.6) is 11.5 Å². The van der Waals surface area contributed by atoms with E-state index in [0.29, 0.717) is 16.6 Å². The molecule has 0 amide bonds. The number of anilines is 1. The van der Waals surface area contributed by atoms with E-state index in [9.17, 15) is 0 Å². The standard InChI is InChI=1S/C19H23N3O2S/c1-5-16(14-8-6-13(2)7-9-14)21-22-19(25)20-15-10-11-17(23-3)18(12-15)24-4/h6-12H,5H2,1-4H3,(H2,20,22,25)/b21-16-. The first-order valence-corrected chi connectivity index (χ1v) is 8.40. The molecular formula is C19H23N3O2S. The fourth-order valence-corrected chi connectivity index (χ4v) is 2.45. The van der Waals surface area contributed by atoms with Crippen LogP contribution in [0.3, 0.4) is 0 Å². The Hall–Kier alpha value is -2.60. The highest BCUT2D eigenvalue weighted by atomic mass is 32.1. The molecule has 2 N–H and O–H groups in total. The Bertz CT molecular complexity index is 758. The molecular weight excluding hydrogens is 334 g/mol. The maximum atomic E-state index is 5.31. The maximum absolute atomic E-state index is 5.31. The zero-order valence-electron chi connectivity index (χ0n) is 14.9. The molecule has 0 saturated carbocycles. The normalized spacial score (nSPS) is 11.0. The zero-order valence-corrected chi connectivity index (χ0v) is 15.7. The summed E-state index contributed by atoms with van der Waals surface area (Å²) in [5.41, 5.74) is 6.93. The van der Waals surface area contributed by atoms with Crippen molar-refractivity contribution >= 4 is 28.7 Å². The average Bonchev–Trinajstić information content (AvgIpc) is 2.63. The van der Waals surface area contributed by atoms with Gasteiger partial charge in [-0.25, -0.2) is 0 Å². The number of rotatable bonds is 6. The smallest absolute Gasteiger partial charge is 0.191 e. The van der Waals surface area contributed by atoms with Gasteiger partial charge in [0, 0.05) is 11.8 Å². The van der Waals surface area contributed by atoms with Crippen molar-refractivity contribution in [2.75, 3.05) is 19.5 Å². The molecule has 0 radical (unpaired) electrons. The van der Waals surface area contributed by atoms with Gasteiger partial charge in [0.25, 0.3) is 0 Å². The van der Waals surface area contributed by atoms with Gasteiger partial charge >= 0.3 is 0 Å². The first kappa shape index (κ1) is 18.7. The van der Waals surface area contributed by atoms with Gasteiger partial charge in [-0.15, -0.1) is 0 Å². The van der Waals surface area contributed by atoms with Crippen molar-refractivity contribution in [2.24, 2.45) is 5.10 Å². The number of aryl methyl sites for hydroxylation is 1. The van der Waals surface area contributed by atoms with Crippen LogP contribution in [0.25, 0.3) is 0 Å². The minimum absolute atomic E-state index is 0.408. The van der Waals surface area contributed by atoms with Gasteiger partial charge in [-0.2, -0.15) is 5.10 Å². The fourth-order valence-electron chi connectivity index (χ4n) is 2.28. The zero-order chi connectivity index (χ0) is 18.2. The molecule has 0 aromatic heterocycles. The summed E-state index contributed by atoms with van der Waals surface area (Å²) in [7, 11) is 3.20. The van der Waals surface area contributed by atoms with Gasteiger partial charge in [-0.1, -0.05) is 36.8 Å². The van der Waals surface area contributed by atoms with Crippen molar-refractivity contribution in [3.05, 3.63) is 53.6 Å². The van der Waals surface area contributed by atoms with Gasteiger partial charge in [0.15, 0.2) is 16.6 Å². The Balaban J connectivity index is 2.05. The Morgan fingerprint density at radius 3 is 2.32 bits per heavy atom. The lowest BCUT2D eigenvalue weighted by Crippen LogP contribution is -2.25. The number of hydrazone groups is 1. The predicted octanol–water partition coefficient (Wildman–Crippen LogP) is 4.11. The lowest BCUT2D eigenvalue weighted by atomic mass is 10.1. The van der Waals surface area contributed by atoms with Crippen LogP contribution in [0.2, 0.25) is 0 Å². The second-order valence-corrected chi connectivity index (χ2v) is 5.82. The van der Waals surface area contributed by atoms with Crippen molar-refractivity contribution in [2.45, 2.75) is 20.3 Å². The largest absolute Gasteiger partial charge is 0.493 e. The van der Waals surface area contributed by atoms with Crippen LogP contribution >= 0.6 is 12.2 Å². The van der Waals surface area contributed by atoms with Gasteiger partial charge in [-0.3, -0.25) is 5.43 Å². The first-order chi connectivity index (χ1) is 12.1. The second-order valence-electron chi connectivity index (χ2n) is 5.41. The molecule has 5 nitrogen and oxygen atoms in total. The molecule has 0 aliphatic heterocycles. The van der Waals surface area contributed by atoms with E-state index in [0.717, 1.165) is 23.4 Å². The van der Waals surface area contributed by atoms with E-state index in [1.807, 2.05) is 18.2 Å². The van der Waals surface area contributed by atoms with Crippen LogP contribution in [-0.2, 0) is 0 Å². The molecule has 2 rings (SSSR count). The van der Waals surface area contributed by atoms with E-state index >= 15 is 0 Å². The molecule has 0 unspecified atom stereocenters. The van der Waals surface area contributed by atoms with Crippen molar-refractivity contribution in [3.63, 3.8) is 0 Å². The van der Waals surface area contributed by atoms with Crippen LogP contribution in [-0.4, -0.2) is 25.0 Å². The molecule has 2 aromatic carbocycles. The van der Waals surface area contributed by atoms with E-state index in [2.05, 4.69) is 54.0 Å². The number of thiocarbonyl (C=S) groups is 1. The predicted molar refractivity (Wildman–Crippen MR) is 107 cm³/mol. The minimum atomic E-state index is 0.408. The summed E-state index contributed by atoms with van der Waals surface area (Å²) < 4.78 is 10.5. The molecule has 0 atom stereocenters. The third kappa shape index (κ3) is 5.19. The van der Waals surface area contributed by atoms with Gasteiger partial charge in [0.05, 0.1) is 19.9 Å². The number of methoxy groups -OCH3 is 2. The van der Waals surface area contributed by atoms with Gasteiger partial charge in [0.1, 0.15) is 0 Å². The highest BCUT2D eigenvalue weighted by Crippen LogP contribution is 2.29. The molecule has 0 heterocycles. The molecule has 25 heavy (non-hydrogen) atoms. The van der Waals surface area contributed by atoms with Crippen LogP contribution in [0.1, 0.15) is 24.5 Å². The summed E-state index contributed by atoms with van der Waals surface area (Å²) >= 11 is 5.31. The maximum Gasteiger partial charge on any atom is 0.191 e. The highest BCUT2D eigenvalue weighted by Gasteiger charge is 2.06. The topological polar surface area (TPSA) is 54.9 Å². The second kappa shape index (κ2) is 9.03. The first-order valence-electron chi connectivity index (χ1n) is 8.00. The molecule has 0 aliphatic carbocycles. The summed E-state index contributed by atoms with van der Waals surface area (Å²) in [6.45, 7) is 4.12. The van der Waals surface area contributed by atoms with E-state index in [1.165, 1.54) is 5.56 Å². The Morgan fingerprint density at radius 2 is 1.72 bits per heavy atom. The van der Waals surface area contributed by atoms with Crippen molar-refractivity contribution in [1.29, 1.82) is 0 Å². The summed E-state index contributed by atoms with van der Waals surface area (Å²) in [5.74, 6) is 1.30. The number of nitrogens with one attached hydrogen (secondary N) is 2. The molecule has 6 heteroatoms. The molecule has 0 aliphatic rings. The highest BCUT2D eigenvalue weighted by molar-refractivity contribution is 7.80. The molecule has 0 fully saturated rings. The fraction of sp³-hybridized carbons (Fsp3) is 0.263. The number of ether oxygens (including phenoxy) is 2. The summed E-state index contributed by atoms with van der Waals surface area (Å²) in [6.07, 6.45) is 0.801. The Kier molecular flexibility index (Phi) is 6.77. The summed E-state index contributed by atoms with van der Waals surface area (Å²) in [6, 6.07) is 13.8. The van der Waals surface area contributed by atoms with E-state index in [1.54, 1.807) is 14.2 Å². The Morgan fingerprint density at radius 1 is 1.04 bits per heavy atom. The van der Waals surface area contributed by atoms with E-state index in [-0.39, 0.29) is 0 Å². The van der Waals surface area contributed by atoms with Crippen molar-refractivity contribution in [1.82, 2.24) is 5.43 Å². The molecule has 2 aromatic rings. The molecule has 0 spiro atoms. The average molecular weight is 357 g/mol. The number of nitrogens with zero attached hydrogens (tertiary/aromatic N) is 1. The summed E-state index contributed by atoms with van der Waals surface area (Å²) in [4.78, 5) is 0. The van der Waals surface area contributed by atoms with Gasteiger partial charge in [0.2, 0.25) is 0 Å². The lowest BCUT2D eigenvalue weighted by Gasteiger charge is -2.12. The monoisotopic (exact) mass is 357 g/mol. The van der Waals surface area contributed by atoms with Crippen LogP contribution in [0.15, 0.2) is 47.6 Å². The third-order valence-electron chi connectivity index (χ3n) is 3.65. The Labute approximate surface area is 154 Å². The molecule has 132 valence electrons. The molecule has 0 bridgehead atoms. The van der Waals surface area contributed by atoms with Crippen LogP contribution < -0.4 is 20.2 Å². The lowest BCUT2D eigenvalue weighted by molar-refractivity contribution is 0.355. The number of hydrogen-bond donors (Lipinski definition) is 2. The quantitative estimate of drug-likeness (QED) is 0.463.